The van der Waals surface area contributed by atoms with E-state index >= 15 is 0 Å². The molecule has 1 aromatic carbocycles. The fraction of sp³-hybridized carbons (Fsp3) is 0.703. The van der Waals surface area contributed by atoms with Crippen molar-refractivity contribution in [3.05, 3.63) is 52.6 Å². The Morgan fingerprint density at radius 1 is 0.976 bits per heavy atom. The van der Waals surface area contributed by atoms with E-state index in [0.717, 1.165) is 24.8 Å². The molecular formula is C37H51ClO3. The Labute approximate surface area is 252 Å². The van der Waals surface area contributed by atoms with E-state index < -0.39 is 5.97 Å². The van der Waals surface area contributed by atoms with Crippen molar-refractivity contribution < 1.29 is 15.0 Å². The van der Waals surface area contributed by atoms with Gasteiger partial charge >= 0.3 is 5.97 Å². The molecule has 9 atom stereocenters. The van der Waals surface area contributed by atoms with Gasteiger partial charge in [0.2, 0.25) is 0 Å². The second-order valence-corrected chi connectivity index (χ2v) is 16.7. The number of fused-ring (bicyclic) bond motifs is 7. The Morgan fingerprint density at radius 3 is 2.34 bits per heavy atom. The highest BCUT2D eigenvalue weighted by Gasteiger charge is 2.70. The van der Waals surface area contributed by atoms with Gasteiger partial charge < -0.3 is 10.2 Å². The molecule has 224 valence electrons. The Kier molecular flexibility index (Phi) is 6.80. The van der Waals surface area contributed by atoms with Gasteiger partial charge in [-0.25, -0.2) is 4.79 Å². The van der Waals surface area contributed by atoms with Gasteiger partial charge in [0.05, 0.1) is 5.56 Å². The highest BCUT2D eigenvalue weighted by atomic mass is 35.5. The van der Waals surface area contributed by atoms with Gasteiger partial charge in [-0.1, -0.05) is 70.5 Å². The average molecular weight is 579 g/mol. The van der Waals surface area contributed by atoms with Crippen LogP contribution in [0.2, 0.25) is 5.02 Å². The van der Waals surface area contributed by atoms with E-state index in [0.29, 0.717) is 41.2 Å². The zero-order valence-electron chi connectivity index (χ0n) is 26.2. The van der Waals surface area contributed by atoms with Crippen LogP contribution in [0, 0.1) is 56.7 Å². The smallest absolute Gasteiger partial charge is 0.335 e. The Bertz CT molecular complexity index is 1310. The van der Waals surface area contributed by atoms with Gasteiger partial charge in [-0.05, 0) is 145 Å². The van der Waals surface area contributed by atoms with Crippen LogP contribution in [0.25, 0.3) is 5.57 Å². The number of benzene rings is 1. The standard InChI is InChI=1S/C37H51ClO3/c1-22(2)24-12-17-37(21-39)19-18-35(6)27(31(24)37)10-11-30-34(5)15-13-26(25-9-8-23(32(40)41)20-28(25)38)33(3,4)29(34)14-16-36(30,35)7/h8-9,13,20,24,27,29-31,39H,1,10-12,14-19,21H2,2-7H3,(H,40,41)/t24-,27+,29-,30+,31?,34-,35+,36+,37+/m0/s1. The average Bonchev–Trinajstić information content (AvgIpc) is 3.30. The van der Waals surface area contributed by atoms with Crippen LogP contribution in [0.3, 0.4) is 0 Å². The van der Waals surface area contributed by atoms with E-state index in [1.54, 1.807) is 12.1 Å². The van der Waals surface area contributed by atoms with Crippen LogP contribution in [0.1, 0.15) is 115 Å². The second-order valence-electron chi connectivity index (χ2n) is 16.2. The first-order valence-corrected chi connectivity index (χ1v) is 16.5. The quantitative estimate of drug-likeness (QED) is 0.350. The highest BCUT2D eigenvalue weighted by Crippen LogP contribution is 2.77. The number of carbonyl (C=O) groups is 1. The maximum Gasteiger partial charge on any atom is 0.335 e. The molecule has 0 bridgehead atoms. The molecule has 0 heterocycles. The van der Waals surface area contributed by atoms with E-state index in [9.17, 15) is 15.0 Å². The summed E-state index contributed by atoms with van der Waals surface area (Å²) >= 11 is 6.74. The SMILES string of the molecule is C=C(C)[C@@H]1CC[C@]2(CO)CC[C@]3(C)[C@H](CC[C@@H]4[C@@]5(C)CC=C(c6ccc(C(=O)O)cc6Cl)C(C)(C)[C@@H]5CC[C@]43C)C12. The highest BCUT2D eigenvalue weighted by molar-refractivity contribution is 6.32. The zero-order valence-corrected chi connectivity index (χ0v) is 26.9. The van der Waals surface area contributed by atoms with E-state index in [1.165, 1.54) is 49.7 Å². The number of aromatic carboxylic acids is 1. The first kappa shape index (κ1) is 29.5. The van der Waals surface area contributed by atoms with Gasteiger partial charge in [0.1, 0.15) is 0 Å². The zero-order chi connectivity index (χ0) is 29.8. The van der Waals surface area contributed by atoms with Crippen molar-refractivity contribution >= 4 is 23.1 Å². The minimum absolute atomic E-state index is 0.0599. The van der Waals surface area contributed by atoms with Crippen molar-refractivity contribution in [3.8, 4) is 0 Å². The monoisotopic (exact) mass is 578 g/mol. The molecule has 4 saturated carbocycles. The maximum absolute atomic E-state index is 11.5. The van der Waals surface area contributed by atoms with E-state index in [-0.39, 0.29) is 32.6 Å². The molecule has 0 radical (unpaired) electrons. The molecule has 6 rings (SSSR count). The predicted octanol–water partition coefficient (Wildman–Crippen LogP) is 9.68. The maximum atomic E-state index is 11.5. The summed E-state index contributed by atoms with van der Waals surface area (Å²) in [6, 6.07) is 5.24. The van der Waals surface area contributed by atoms with Crippen LogP contribution in [0.5, 0.6) is 0 Å². The molecule has 4 heteroatoms. The van der Waals surface area contributed by atoms with Gasteiger partial charge in [-0.2, -0.15) is 0 Å². The molecule has 41 heavy (non-hydrogen) atoms. The second kappa shape index (κ2) is 9.46. The van der Waals surface area contributed by atoms with Crippen molar-refractivity contribution in [2.75, 3.05) is 6.61 Å². The van der Waals surface area contributed by atoms with Crippen molar-refractivity contribution in [2.24, 2.45) is 56.7 Å². The van der Waals surface area contributed by atoms with Gasteiger partial charge in [0.15, 0.2) is 0 Å². The van der Waals surface area contributed by atoms with Crippen LogP contribution in [0.4, 0.5) is 0 Å². The number of rotatable bonds is 4. The summed E-state index contributed by atoms with van der Waals surface area (Å²) in [6.45, 7) is 19.8. The molecule has 1 aromatic rings. The van der Waals surface area contributed by atoms with Crippen LogP contribution in [0.15, 0.2) is 36.4 Å². The number of aliphatic hydroxyl groups is 1. The molecule has 5 aliphatic carbocycles. The summed E-state index contributed by atoms with van der Waals surface area (Å²) in [5, 5.41) is 20.8. The topological polar surface area (TPSA) is 57.5 Å². The lowest BCUT2D eigenvalue weighted by molar-refractivity contribution is -0.228. The molecule has 0 amide bonds. The van der Waals surface area contributed by atoms with E-state index in [4.69, 9.17) is 11.6 Å². The first-order chi connectivity index (χ1) is 19.2. The fourth-order valence-corrected chi connectivity index (χ4v) is 12.8. The molecule has 0 aliphatic heterocycles. The molecule has 1 unspecified atom stereocenters. The largest absolute Gasteiger partial charge is 0.478 e. The molecule has 2 N–H and O–H groups in total. The first-order valence-electron chi connectivity index (χ1n) is 16.2. The number of hydrogen-bond donors (Lipinski definition) is 2. The van der Waals surface area contributed by atoms with Crippen molar-refractivity contribution in [3.63, 3.8) is 0 Å². The van der Waals surface area contributed by atoms with Gasteiger partial charge in [0.25, 0.3) is 0 Å². The minimum Gasteiger partial charge on any atom is -0.478 e. The Balaban J connectivity index is 1.37. The lowest BCUT2D eigenvalue weighted by Gasteiger charge is -2.72. The van der Waals surface area contributed by atoms with Gasteiger partial charge in [0, 0.05) is 11.6 Å². The summed E-state index contributed by atoms with van der Waals surface area (Å²) in [7, 11) is 0. The van der Waals surface area contributed by atoms with Gasteiger partial charge in [-0.15, -0.1) is 0 Å². The number of hydrogen-bond acceptors (Lipinski definition) is 2. The summed E-state index contributed by atoms with van der Waals surface area (Å²) in [5.41, 5.74) is 4.63. The van der Waals surface area contributed by atoms with Crippen LogP contribution >= 0.6 is 11.6 Å². The number of allylic oxidation sites excluding steroid dienone is 3. The Hall–Kier alpha value is -1.58. The lowest BCUT2D eigenvalue weighted by atomic mass is 9.32. The lowest BCUT2D eigenvalue weighted by Crippen LogP contribution is -2.65. The van der Waals surface area contributed by atoms with Crippen LogP contribution < -0.4 is 0 Å². The number of carboxylic acids is 1. The number of aliphatic hydroxyl groups excluding tert-OH is 1. The molecule has 0 saturated heterocycles. The summed E-state index contributed by atoms with van der Waals surface area (Å²) in [6.07, 6.45) is 13.3. The van der Waals surface area contributed by atoms with E-state index in [1.807, 2.05) is 6.07 Å². The number of carboxylic acid groups (broad SMARTS) is 1. The third-order valence-corrected chi connectivity index (χ3v) is 15.0. The summed E-state index contributed by atoms with van der Waals surface area (Å²) in [5.74, 6) is 2.03. The summed E-state index contributed by atoms with van der Waals surface area (Å²) < 4.78 is 0. The summed E-state index contributed by atoms with van der Waals surface area (Å²) in [4.78, 5) is 11.5. The fourth-order valence-electron chi connectivity index (χ4n) is 12.5. The predicted molar refractivity (Wildman–Crippen MR) is 168 cm³/mol. The molecule has 4 fully saturated rings. The molecule has 5 aliphatic rings. The molecule has 3 nitrogen and oxygen atoms in total. The van der Waals surface area contributed by atoms with Crippen molar-refractivity contribution in [2.45, 2.75) is 99.3 Å². The molecular weight excluding hydrogens is 528 g/mol. The number of halogens is 1. The van der Waals surface area contributed by atoms with Crippen LogP contribution in [-0.2, 0) is 0 Å². The van der Waals surface area contributed by atoms with E-state index in [2.05, 4.69) is 54.2 Å². The van der Waals surface area contributed by atoms with Gasteiger partial charge in [-0.3, -0.25) is 0 Å². The Morgan fingerprint density at radius 2 is 1.71 bits per heavy atom. The third kappa shape index (κ3) is 3.83. The third-order valence-electron chi connectivity index (χ3n) is 14.6. The minimum atomic E-state index is -0.940. The molecule has 0 spiro atoms. The molecule has 0 aromatic heterocycles. The van der Waals surface area contributed by atoms with Crippen LogP contribution in [-0.4, -0.2) is 22.8 Å². The normalized spacial score (nSPS) is 44.6. The van der Waals surface area contributed by atoms with Crippen molar-refractivity contribution in [1.29, 1.82) is 0 Å². The van der Waals surface area contributed by atoms with Crippen molar-refractivity contribution in [1.82, 2.24) is 0 Å².